The fourth-order valence-electron chi connectivity index (χ4n) is 6.14. The van der Waals surface area contributed by atoms with E-state index in [1.807, 2.05) is 0 Å². The van der Waals surface area contributed by atoms with Crippen molar-refractivity contribution in [1.29, 1.82) is 0 Å². The van der Waals surface area contributed by atoms with E-state index in [1.165, 1.54) is 83.5 Å². The lowest BCUT2D eigenvalue weighted by Crippen LogP contribution is -2.60. The second kappa shape index (κ2) is 28.0. The highest BCUT2D eigenvalue weighted by Crippen LogP contribution is 2.23. The lowest BCUT2D eigenvalue weighted by Gasteiger charge is -2.40. The molecule has 1 aliphatic heterocycles. The predicted molar refractivity (Wildman–Crippen MR) is 181 cm³/mol. The fourth-order valence-corrected chi connectivity index (χ4v) is 6.14. The zero-order valence-electron chi connectivity index (χ0n) is 29.2. The molecule has 1 heterocycles. The summed E-state index contributed by atoms with van der Waals surface area (Å²) in [6, 6.07) is -0.981. The second-order valence-corrected chi connectivity index (χ2v) is 13.5. The van der Waals surface area contributed by atoms with Gasteiger partial charge in [0.15, 0.2) is 6.29 Å². The van der Waals surface area contributed by atoms with Gasteiger partial charge in [-0.15, -0.1) is 0 Å². The average molecular weight is 662 g/mol. The quantitative estimate of drug-likeness (QED) is 0.0523. The molecule has 1 rings (SSSR count). The molecule has 10 heteroatoms. The maximum absolute atomic E-state index is 12.9. The number of rotatable bonds is 30. The van der Waals surface area contributed by atoms with E-state index in [2.05, 4.69) is 19.2 Å². The topological polar surface area (TPSA) is 169 Å². The molecule has 1 aliphatic rings. The number of unbranched alkanes of at least 4 members (excludes halogenated alkanes) is 19. The number of ether oxygens (including phenoxy) is 2. The van der Waals surface area contributed by atoms with Gasteiger partial charge in [0.2, 0.25) is 5.91 Å². The van der Waals surface area contributed by atoms with Gasteiger partial charge in [0.05, 0.1) is 25.4 Å². The van der Waals surface area contributed by atoms with Crippen LogP contribution in [0.3, 0.4) is 0 Å². The summed E-state index contributed by atoms with van der Waals surface area (Å²) in [7, 11) is 0. The number of carbonyl (C=O) groups is 1. The summed E-state index contributed by atoms with van der Waals surface area (Å²) in [5, 5.41) is 64.6. The third-order valence-corrected chi connectivity index (χ3v) is 9.30. The molecule has 10 nitrogen and oxygen atoms in total. The minimum Gasteiger partial charge on any atom is -0.394 e. The Balaban J connectivity index is 2.51. The number of hydrogen-bond donors (Lipinski definition) is 7. The van der Waals surface area contributed by atoms with Crippen molar-refractivity contribution in [2.75, 3.05) is 13.2 Å². The summed E-state index contributed by atoms with van der Waals surface area (Å²) in [5.41, 5.74) is 0. The Kier molecular flexibility index (Phi) is 26.3. The van der Waals surface area contributed by atoms with Crippen molar-refractivity contribution in [3.63, 3.8) is 0 Å². The molecule has 2 unspecified atom stereocenters. The Morgan fingerprint density at radius 3 is 1.61 bits per heavy atom. The van der Waals surface area contributed by atoms with Crippen LogP contribution in [0.1, 0.15) is 162 Å². The van der Waals surface area contributed by atoms with Crippen LogP contribution in [0.2, 0.25) is 0 Å². The van der Waals surface area contributed by atoms with Crippen molar-refractivity contribution < 1.29 is 44.9 Å². The molecule has 0 aromatic carbocycles. The monoisotopic (exact) mass is 662 g/mol. The van der Waals surface area contributed by atoms with Gasteiger partial charge in [-0.2, -0.15) is 0 Å². The SMILES string of the molecule is CCCCCCCCCCCCCCC(=O)N[C@@H](CO[C@@H]1O[C@H](CO)[C@H](O)C(O)C1O)[C@H](O)[C@H](O)CCCCCCCCCCC. The van der Waals surface area contributed by atoms with Gasteiger partial charge in [0.25, 0.3) is 0 Å². The summed E-state index contributed by atoms with van der Waals surface area (Å²) in [6.45, 7) is 3.54. The first kappa shape index (κ1) is 43.2. The van der Waals surface area contributed by atoms with Gasteiger partial charge < -0.3 is 45.4 Å². The highest BCUT2D eigenvalue weighted by atomic mass is 16.7. The largest absolute Gasteiger partial charge is 0.394 e. The van der Waals surface area contributed by atoms with Crippen LogP contribution in [0.4, 0.5) is 0 Å². The third-order valence-electron chi connectivity index (χ3n) is 9.30. The van der Waals surface area contributed by atoms with Gasteiger partial charge in [-0.3, -0.25) is 4.79 Å². The number of nitrogens with one attached hydrogen (secondary N) is 1. The smallest absolute Gasteiger partial charge is 0.220 e. The van der Waals surface area contributed by atoms with Gasteiger partial charge >= 0.3 is 0 Å². The van der Waals surface area contributed by atoms with Crippen LogP contribution in [-0.2, 0) is 14.3 Å². The maximum Gasteiger partial charge on any atom is 0.220 e. The Hall–Kier alpha value is -0.850. The highest BCUT2D eigenvalue weighted by molar-refractivity contribution is 5.76. The van der Waals surface area contributed by atoms with Crippen LogP contribution < -0.4 is 5.32 Å². The third kappa shape index (κ3) is 19.2. The van der Waals surface area contributed by atoms with Crippen LogP contribution >= 0.6 is 0 Å². The first-order valence-electron chi connectivity index (χ1n) is 18.8. The Morgan fingerprint density at radius 2 is 1.13 bits per heavy atom. The molecule has 7 N–H and O–H groups in total. The highest BCUT2D eigenvalue weighted by Gasteiger charge is 2.44. The van der Waals surface area contributed by atoms with Crippen LogP contribution in [0.15, 0.2) is 0 Å². The van der Waals surface area contributed by atoms with E-state index in [9.17, 15) is 35.4 Å². The summed E-state index contributed by atoms with van der Waals surface area (Å²) < 4.78 is 11.1. The van der Waals surface area contributed by atoms with E-state index in [-0.39, 0.29) is 18.9 Å². The molecule has 46 heavy (non-hydrogen) atoms. The number of aliphatic hydroxyl groups is 6. The maximum atomic E-state index is 12.9. The molecule has 1 amide bonds. The van der Waals surface area contributed by atoms with Crippen molar-refractivity contribution >= 4 is 5.91 Å². The summed E-state index contributed by atoms with van der Waals surface area (Å²) in [5.74, 6) is -0.260. The van der Waals surface area contributed by atoms with Crippen LogP contribution in [-0.4, -0.2) is 98.7 Å². The number of amides is 1. The number of hydrogen-bond acceptors (Lipinski definition) is 9. The molecule has 0 spiro atoms. The van der Waals surface area contributed by atoms with E-state index in [1.54, 1.807) is 0 Å². The van der Waals surface area contributed by atoms with Gasteiger partial charge in [0.1, 0.15) is 30.5 Å². The average Bonchev–Trinajstić information content (AvgIpc) is 3.05. The van der Waals surface area contributed by atoms with Gasteiger partial charge in [-0.25, -0.2) is 0 Å². The molecule has 0 aromatic rings. The predicted octanol–water partition coefficient (Wildman–Crippen LogP) is 5.02. The minimum atomic E-state index is -1.60. The van der Waals surface area contributed by atoms with Crippen molar-refractivity contribution in [2.45, 2.75) is 210 Å². The molecular formula is C36H71NO9. The molecule has 0 aromatic heterocycles. The molecule has 0 radical (unpaired) electrons. The van der Waals surface area contributed by atoms with Crippen molar-refractivity contribution in [3.8, 4) is 0 Å². The zero-order chi connectivity index (χ0) is 34.0. The molecule has 0 saturated carbocycles. The van der Waals surface area contributed by atoms with Gasteiger partial charge in [-0.1, -0.05) is 142 Å². The molecule has 1 fully saturated rings. The molecule has 0 aliphatic carbocycles. The van der Waals surface area contributed by atoms with E-state index >= 15 is 0 Å². The van der Waals surface area contributed by atoms with E-state index in [0.29, 0.717) is 6.42 Å². The Bertz CT molecular complexity index is 713. The summed E-state index contributed by atoms with van der Waals surface area (Å²) in [4.78, 5) is 12.9. The first-order chi connectivity index (χ1) is 22.3. The van der Waals surface area contributed by atoms with Crippen molar-refractivity contribution in [1.82, 2.24) is 5.32 Å². The standard InChI is InChI=1S/C36H71NO9/c1-3-5-7-9-11-13-14-15-17-19-21-23-25-31(40)37-28(27-45-36-35(44)34(43)33(42)30(26-38)46-36)32(41)29(39)24-22-20-18-16-12-10-8-6-4-2/h28-30,32-36,38-39,41-44H,3-27H2,1-2H3,(H,37,40)/t28-,29+,30+,32-,33-,34?,35?,36+/m0/s1. The van der Waals surface area contributed by atoms with Gasteiger partial charge in [-0.05, 0) is 12.8 Å². The van der Waals surface area contributed by atoms with E-state index < -0.39 is 55.6 Å². The molecule has 0 bridgehead atoms. The Labute approximate surface area is 279 Å². The lowest BCUT2D eigenvalue weighted by atomic mass is 9.98. The molecule has 8 atom stereocenters. The fraction of sp³-hybridized carbons (Fsp3) is 0.972. The number of carbonyl (C=O) groups excluding carboxylic acids is 1. The lowest BCUT2D eigenvalue weighted by molar-refractivity contribution is -0.303. The second-order valence-electron chi connectivity index (χ2n) is 13.5. The van der Waals surface area contributed by atoms with Crippen LogP contribution in [0, 0.1) is 0 Å². The normalized spacial score (nSPS) is 23.7. The summed E-state index contributed by atoms with van der Waals surface area (Å²) >= 11 is 0. The van der Waals surface area contributed by atoms with Crippen LogP contribution in [0.5, 0.6) is 0 Å². The van der Waals surface area contributed by atoms with E-state index in [0.717, 1.165) is 51.4 Å². The van der Waals surface area contributed by atoms with E-state index in [4.69, 9.17) is 9.47 Å². The van der Waals surface area contributed by atoms with Gasteiger partial charge in [0, 0.05) is 6.42 Å². The van der Waals surface area contributed by atoms with Crippen LogP contribution in [0.25, 0.3) is 0 Å². The van der Waals surface area contributed by atoms with Crippen molar-refractivity contribution in [3.05, 3.63) is 0 Å². The Morgan fingerprint density at radius 1 is 0.674 bits per heavy atom. The molecule has 274 valence electrons. The minimum absolute atomic E-state index is 0.260. The zero-order valence-corrected chi connectivity index (χ0v) is 29.2. The number of aliphatic hydroxyl groups excluding tert-OH is 6. The summed E-state index contributed by atoms with van der Waals surface area (Å²) in [6.07, 6.45) is 15.5. The molecule has 1 saturated heterocycles. The molecular weight excluding hydrogens is 590 g/mol. The first-order valence-corrected chi connectivity index (χ1v) is 18.8. The van der Waals surface area contributed by atoms with Crippen molar-refractivity contribution in [2.24, 2.45) is 0 Å².